The number of benzene rings is 1. The van der Waals surface area contributed by atoms with Crippen LogP contribution in [0, 0.1) is 5.92 Å². The molecule has 1 aliphatic heterocycles. The monoisotopic (exact) mass is 446 g/mol. The fourth-order valence-electron chi connectivity index (χ4n) is 4.27. The largest absolute Gasteiger partial charge is 0.390 e. The highest BCUT2D eigenvalue weighted by Crippen LogP contribution is 2.37. The van der Waals surface area contributed by atoms with Crippen molar-refractivity contribution in [1.29, 1.82) is 0 Å². The summed E-state index contributed by atoms with van der Waals surface area (Å²) < 4.78 is 0. The van der Waals surface area contributed by atoms with Crippen LogP contribution < -0.4 is 20.4 Å². The van der Waals surface area contributed by atoms with E-state index in [-0.39, 0.29) is 18.4 Å². The first-order valence-electron chi connectivity index (χ1n) is 9.90. The van der Waals surface area contributed by atoms with Crippen LogP contribution >= 0.6 is 23.6 Å². The van der Waals surface area contributed by atoms with Crippen molar-refractivity contribution in [3.63, 3.8) is 0 Å². The zero-order valence-corrected chi connectivity index (χ0v) is 18.5. The smallest absolute Gasteiger partial charge is 0.225 e. The summed E-state index contributed by atoms with van der Waals surface area (Å²) in [4.78, 5) is 18.1. The van der Waals surface area contributed by atoms with Gasteiger partial charge in [-0.3, -0.25) is 4.79 Å². The third kappa shape index (κ3) is 3.90. The van der Waals surface area contributed by atoms with Gasteiger partial charge in [-0.05, 0) is 54.4 Å². The predicted octanol–water partition coefficient (Wildman–Crippen LogP) is 1.30. The molecule has 1 aliphatic carbocycles. The molecule has 1 saturated heterocycles. The van der Waals surface area contributed by atoms with E-state index in [4.69, 9.17) is 12.2 Å². The maximum absolute atomic E-state index is 13.1. The molecule has 30 heavy (non-hydrogen) atoms. The van der Waals surface area contributed by atoms with Gasteiger partial charge in [-0.1, -0.05) is 6.07 Å². The average molecular weight is 447 g/mol. The van der Waals surface area contributed by atoms with E-state index in [0.29, 0.717) is 11.7 Å². The molecule has 1 saturated carbocycles. The number of fused-ring (bicyclic) bond motifs is 1. The molecular weight excluding hydrogens is 420 g/mol. The molecule has 7 nitrogen and oxygen atoms in total. The maximum Gasteiger partial charge on any atom is 0.225 e. The highest BCUT2D eigenvalue weighted by atomic mass is 32.1. The second kappa shape index (κ2) is 8.50. The van der Waals surface area contributed by atoms with Crippen LogP contribution in [0.2, 0.25) is 0 Å². The Hall–Kier alpha value is -2.20. The Kier molecular flexibility index (Phi) is 5.97. The second-order valence-electron chi connectivity index (χ2n) is 7.94. The topological polar surface area (TPSA) is 88.1 Å². The number of carbonyl (C=O) groups excluding carboxylic acids is 1. The van der Waals surface area contributed by atoms with Crippen LogP contribution in [0.15, 0.2) is 41.8 Å². The molecular formula is C21H26N4O3S2. The van der Waals surface area contributed by atoms with Gasteiger partial charge in [0, 0.05) is 30.3 Å². The van der Waals surface area contributed by atoms with E-state index in [9.17, 15) is 15.0 Å². The molecule has 2 fully saturated rings. The van der Waals surface area contributed by atoms with E-state index >= 15 is 0 Å². The highest BCUT2D eigenvalue weighted by Gasteiger charge is 2.53. The van der Waals surface area contributed by atoms with Crippen molar-refractivity contribution < 1.29 is 15.0 Å². The summed E-state index contributed by atoms with van der Waals surface area (Å²) in [7, 11) is 3.94. The van der Waals surface area contributed by atoms with Gasteiger partial charge in [0.05, 0.1) is 30.7 Å². The lowest BCUT2D eigenvalue weighted by molar-refractivity contribution is -0.131. The standard InChI is InChI=1S/C21H26N4O3S2/c1-24(2)12-5-7-13(8-6-12)25-18-15(20(28)22-11-14-4-3-9-30-14)10-16(26)19(27)17(18)23-21(25)29/h3-9,15-19,26-27H,10-11H2,1-2H3,(H,22,28)(H,23,29)/t15-,16-,17-,18+,19+/m1/s1. The summed E-state index contributed by atoms with van der Waals surface area (Å²) in [6, 6.07) is 10.9. The lowest BCUT2D eigenvalue weighted by atomic mass is 9.77. The SMILES string of the molecule is CN(C)c1ccc(N2C(=S)N[C@H]3[C@@H](O)[C@H](O)C[C@@H](C(=O)NCc4cccs4)[C@@H]32)cc1. The van der Waals surface area contributed by atoms with E-state index in [1.807, 2.05) is 65.7 Å². The number of rotatable bonds is 5. The number of aliphatic hydroxyl groups is 2. The summed E-state index contributed by atoms with van der Waals surface area (Å²) in [5.41, 5.74) is 1.91. The van der Waals surface area contributed by atoms with Crippen molar-refractivity contribution in [2.24, 2.45) is 5.92 Å². The zero-order valence-electron chi connectivity index (χ0n) is 16.9. The summed E-state index contributed by atoms with van der Waals surface area (Å²) >= 11 is 7.15. The van der Waals surface area contributed by atoms with E-state index in [1.54, 1.807) is 11.3 Å². The minimum Gasteiger partial charge on any atom is -0.390 e. The van der Waals surface area contributed by atoms with Crippen molar-refractivity contribution in [3.05, 3.63) is 46.7 Å². The number of aliphatic hydroxyl groups excluding tert-OH is 2. The molecule has 0 bridgehead atoms. The number of anilines is 2. The van der Waals surface area contributed by atoms with E-state index in [2.05, 4.69) is 10.6 Å². The van der Waals surface area contributed by atoms with Crippen LogP contribution in [0.25, 0.3) is 0 Å². The van der Waals surface area contributed by atoms with Gasteiger partial charge in [0.25, 0.3) is 0 Å². The molecule has 2 aliphatic rings. The molecule has 1 aromatic carbocycles. The van der Waals surface area contributed by atoms with E-state index in [1.165, 1.54) is 0 Å². The number of amides is 1. The molecule has 160 valence electrons. The van der Waals surface area contributed by atoms with E-state index < -0.39 is 24.2 Å². The van der Waals surface area contributed by atoms with Gasteiger partial charge in [-0.2, -0.15) is 0 Å². The number of nitrogens with one attached hydrogen (secondary N) is 2. The van der Waals surface area contributed by atoms with Gasteiger partial charge < -0.3 is 30.6 Å². The van der Waals surface area contributed by atoms with Crippen LogP contribution in [-0.2, 0) is 11.3 Å². The molecule has 2 aromatic rings. The minimum atomic E-state index is -1.000. The molecule has 5 atom stereocenters. The van der Waals surface area contributed by atoms with Crippen molar-refractivity contribution in [2.75, 3.05) is 23.9 Å². The normalized spacial score (nSPS) is 28.1. The number of hydrogen-bond acceptors (Lipinski definition) is 6. The Morgan fingerprint density at radius 1 is 1.30 bits per heavy atom. The van der Waals surface area contributed by atoms with Gasteiger partial charge in [-0.25, -0.2) is 0 Å². The Morgan fingerprint density at radius 3 is 2.67 bits per heavy atom. The average Bonchev–Trinajstić information content (AvgIpc) is 3.36. The fourth-order valence-corrected chi connectivity index (χ4v) is 5.28. The van der Waals surface area contributed by atoms with Crippen molar-refractivity contribution in [1.82, 2.24) is 10.6 Å². The molecule has 0 unspecified atom stereocenters. The molecule has 2 heterocycles. The maximum atomic E-state index is 13.1. The van der Waals surface area contributed by atoms with Crippen molar-refractivity contribution in [3.8, 4) is 0 Å². The molecule has 4 N–H and O–H groups in total. The first-order chi connectivity index (χ1) is 14.4. The fraction of sp³-hybridized carbons (Fsp3) is 0.429. The Morgan fingerprint density at radius 2 is 2.03 bits per heavy atom. The zero-order chi connectivity index (χ0) is 21.4. The first kappa shape index (κ1) is 21.0. The molecule has 4 rings (SSSR count). The molecule has 1 amide bonds. The third-order valence-electron chi connectivity index (χ3n) is 5.84. The number of carbonyl (C=O) groups is 1. The summed E-state index contributed by atoms with van der Waals surface area (Å²) in [6.07, 6.45) is -1.81. The van der Waals surface area contributed by atoms with Crippen molar-refractivity contribution >= 4 is 45.9 Å². The van der Waals surface area contributed by atoms with Crippen LogP contribution in [0.3, 0.4) is 0 Å². The molecule has 9 heteroatoms. The van der Waals surface area contributed by atoms with Crippen LogP contribution in [0.4, 0.5) is 11.4 Å². The molecule has 1 aromatic heterocycles. The molecule has 0 radical (unpaired) electrons. The second-order valence-corrected chi connectivity index (χ2v) is 9.36. The van der Waals surface area contributed by atoms with Gasteiger partial charge in [0.2, 0.25) is 5.91 Å². The Labute approximate surface area is 185 Å². The van der Waals surface area contributed by atoms with Gasteiger partial charge in [-0.15, -0.1) is 11.3 Å². The summed E-state index contributed by atoms with van der Waals surface area (Å²) in [5, 5.41) is 29.5. The summed E-state index contributed by atoms with van der Waals surface area (Å²) in [5.74, 6) is -0.666. The number of hydrogen-bond donors (Lipinski definition) is 4. The Balaban J connectivity index is 1.61. The number of nitrogens with zero attached hydrogens (tertiary/aromatic N) is 2. The third-order valence-corrected chi connectivity index (χ3v) is 7.03. The van der Waals surface area contributed by atoms with Crippen LogP contribution in [-0.4, -0.2) is 59.6 Å². The van der Waals surface area contributed by atoms with Gasteiger partial charge in [0.15, 0.2) is 5.11 Å². The quantitative estimate of drug-likeness (QED) is 0.515. The number of thiocarbonyl (C=S) groups is 1. The first-order valence-corrected chi connectivity index (χ1v) is 11.2. The Bertz CT molecular complexity index is 903. The van der Waals surface area contributed by atoms with Gasteiger partial charge in [0.1, 0.15) is 6.10 Å². The minimum absolute atomic E-state index is 0.147. The van der Waals surface area contributed by atoms with Gasteiger partial charge >= 0.3 is 0 Å². The van der Waals surface area contributed by atoms with Crippen LogP contribution in [0.1, 0.15) is 11.3 Å². The number of thiophene rings is 1. The highest BCUT2D eigenvalue weighted by molar-refractivity contribution is 7.80. The molecule has 0 spiro atoms. The lowest BCUT2D eigenvalue weighted by Crippen LogP contribution is -2.60. The van der Waals surface area contributed by atoms with E-state index in [0.717, 1.165) is 16.3 Å². The van der Waals surface area contributed by atoms with Crippen LogP contribution in [0.5, 0.6) is 0 Å². The van der Waals surface area contributed by atoms with Crippen molar-refractivity contribution in [2.45, 2.75) is 37.3 Å². The summed E-state index contributed by atoms with van der Waals surface area (Å²) in [6.45, 7) is 0.443. The lowest BCUT2D eigenvalue weighted by Gasteiger charge is -2.41. The predicted molar refractivity (Wildman–Crippen MR) is 123 cm³/mol.